The van der Waals surface area contributed by atoms with Gasteiger partial charge in [0.2, 0.25) is 5.16 Å². The highest BCUT2D eigenvalue weighted by atomic mass is 32.2. The number of nitrogens with zero attached hydrogens (tertiary/aromatic N) is 2. The Kier molecular flexibility index (Phi) is 5.23. The van der Waals surface area contributed by atoms with Crippen molar-refractivity contribution in [2.24, 2.45) is 0 Å². The molecule has 1 N–H and O–H groups in total. The van der Waals surface area contributed by atoms with Crippen molar-refractivity contribution < 1.29 is 4.79 Å². The van der Waals surface area contributed by atoms with E-state index in [0.29, 0.717) is 22.3 Å². The number of nitrogens with one attached hydrogen (secondary N) is 1. The van der Waals surface area contributed by atoms with Gasteiger partial charge in [0.15, 0.2) is 5.78 Å². The van der Waals surface area contributed by atoms with Gasteiger partial charge in [-0.2, -0.15) is 0 Å². The van der Waals surface area contributed by atoms with Gasteiger partial charge in [-0.15, -0.1) is 5.10 Å². The number of aromatic amines is 1. The molecule has 0 unspecified atom stereocenters. The molecule has 0 aliphatic rings. The van der Waals surface area contributed by atoms with E-state index >= 15 is 0 Å². The molecule has 0 aliphatic heterocycles. The second-order valence-electron chi connectivity index (χ2n) is 5.33. The van der Waals surface area contributed by atoms with Crippen molar-refractivity contribution in [2.75, 3.05) is 5.75 Å². The molecule has 0 spiro atoms. The zero-order valence-electron chi connectivity index (χ0n) is 13.3. The van der Waals surface area contributed by atoms with Crippen LogP contribution in [0.25, 0.3) is 12.2 Å². The Morgan fingerprint density at radius 3 is 2.58 bits per heavy atom. The number of carbonyl (C=O) groups excluding carboxylic acids is 1. The Morgan fingerprint density at radius 1 is 1.08 bits per heavy atom. The SMILES string of the molecule is Cc1ccc(C(=O)CSc2n[nH]c(C=Cc3ccccc3)n2)cc1. The van der Waals surface area contributed by atoms with E-state index in [2.05, 4.69) is 15.2 Å². The summed E-state index contributed by atoms with van der Waals surface area (Å²) < 4.78 is 0. The van der Waals surface area contributed by atoms with E-state index in [1.54, 1.807) is 0 Å². The number of hydrogen-bond acceptors (Lipinski definition) is 4. The van der Waals surface area contributed by atoms with Crippen LogP contribution in [0.15, 0.2) is 59.8 Å². The molecule has 0 amide bonds. The molecule has 0 atom stereocenters. The maximum Gasteiger partial charge on any atom is 0.209 e. The van der Waals surface area contributed by atoms with Crippen LogP contribution in [0.5, 0.6) is 0 Å². The first-order valence-electron chi connectivity index (χ1n) is 7.59. The maximum absolute atomic E-state index is 12.1. The molecule has 4 nitrogen and oxygen atoms in total. The Balaban J connectivity index is 1.57. The van der Waals surface area contributed by atoms with Crippen molar-refractivity contribution >= 4 is 29.7 Å². The van der Waals surface area contributed by atoms with E-state index in [9.17, 15) is 4.79 Å². The van der Waals surface area contributed by atoms with Crippen LogP contribution in [0.3, 0.4) is 0 Å². The highest BCUT2D eigenvalue weighted by Gasteiger charge is 2.09. The van der Waals surface area contributed by atoms with E-state index in [-0.39, 0.29) is 5.78 Å². The summed E-state index contributed by atoms with van der Waals surface area (Å²) in [6.07, 6.45) is 3.83. The number of Topliss-reactive ketones (excluding diaryl/α,β-unsaturated/α-hetero) is 1. The quantitative estimate of drug-likeness (QED) is 0.540. The topological polar surface area (TPSA) is 58.6 Å². The van der Waals surface area contributed by atoms with E-state index in [0.717, 1.165) is 11.1 Å². The monoisotopic (exact) mass is 335 g/mol. The molecule has 3 rings (SSSR count). The molecule has 0 bridgehead atoms. The molecule has 3 aromatic rings. The summed E-state index contributed by atoms with van der Waals surface area (Å²) in [5.74, 6) is 1.07. The predicted molar refractivity (Wildman–Crippen MR) is 98.0 cm³/mol. The molecule has 120 valence electrons. The number of aryl methyl sites for hydroxylation is 1. The third kappa shape index (κ3) is 4.43. The largest absolute Gasteiger partial charge is 0.293 e. The minimum absolute atomic E-state index is 0.0752. The van der Waals surface area contributed by atoms with Crippen LogP contribution in [0.4, 0.5) is 0 Å². The normalized spacial score (nSPS) is 11.0. The summed E-state index contributed by atoms with van der Waals surface area (Å²) in [5.41, 5.74) is 2.95. The standard InChI is InChI=1S/C19H17N3OS/c1-14-7-10-16(11-8-14)17(23)13-24-19-20-18(21-22-19)12-9-15-5-3-2-4-6-15/h2-12H,13H2,1H3,(H,20,21,22). The van der Waals surface area contributed by atoms with Gasteiger partial charge in [-0.05, 0) is 18.6 Å². The van der Waals surface area contributed by atoms with Crippen LogP contribution in [0.2, 0.25) is 0 Å². The number of ketones is 1. The molecule has 0 radical (unpaired) electrons. The Bertz CT molecular complexity index is 839. The van der Waals surface area contributed by atoms with Crippen molar-refractivity contribution in [1.82, 2.24) is 15.2 Å². The van der Waals surface area contributed by atoms with Crippen molar-refractivity contribution in [3.63, 3.8) is 0 Å². The molecule has 2 aromatic carbocycles. The molecule has 0 fully saturated rings. The first-order chi connectivity index (χ1) is 11.7. The van der Waals surface area contributed by atoms with Crippen LogP contribution in [0.1, 0.15) is 27.3 Å². The lowest BCUT2D eigenvalue weighted by molar-refractivity contribution is 0.102. The smallest absolute Gasteiger partial charge is 0.209 e. The van der Waals surface area contributed by atoms with Gasteiger partial charge in [-0.25, -0.2) is 4.98 Å². The molecular weight excluding hydrogens is 318 g/mol. The van der Waals surface area contributed by atoms with Gasteiger partial charge in [0.05, 0.1) is 5.75 Å². The number of benzene rings is 2. The predicted octanol–water partition coefficient (Wildman–Crippen LogP) is 4.26. The molecule has 0 aliphatic carbocycles. The zero-order valence-corrected chi connectivity index (χ0v) is 14.1. The van der Waals surface area contributed by atoms with E-state index in [1.807, 2.05) is 73.7 Å². The van der Waals surface area contributed by atoms with Crippen molar-refractivity contribution in [3.05, 3.63) is 77.1 Å². The summed E-state index contributed by atoms with van der Waals surface area (Å²) in [5, 5.41) is 7.57. The second-order valence-corrected chi connectivity index (χ2v) is 6.27. The summed E-state index contributed by atoms with van der Waals surface area (Å²) in [6, 6.07) is 17.6. The fourth-order valence-corrected chi connectivity index (χ4v) is 2.79. The minimum Gasteiger partial charge on any atom is -0.293 e. The molecule has 1 aromatic heterocycles. The highest BCUT2D eigenvalue weighted by Crippen LogP contribution is 2.16. The van der Waals surface area contributed by atoms with Crippen molar-refractivity contribution in [3.8, 4) is 0 Å². The minimum atomic E-state index is 0.0752. The molecule has 0 saturated heterocycles. The van der Waals surface area contributed by atoms with Gasteiger partial charge in [0.1, 0.15) is 5.82 Å². The van der Waals surface area contributed by atoms with Gasteiger partial charge in [0.25, 0.3) is 0 Å². The van der Waals surface area contributed by atoms with Gasteiger partial charge < -0.3 is 0 Å². The third-order valence-electron chi connectivity index (χ3n) is 3.42. The summed E-state index contributed by atoms with van der Waals surface area (Å²) in [6.45, 7) is 2.00. The van der Waals surface area contributed by atoms with Gasteiger partial charge in [0, 0.05) is 5.56 Å². The number of hydrogen-bond donors (Lipinski definition) is 1. The average molecular weight is 335 g/mol. The first kappa shape index (κ1) is 16.2. The molecular formula is C19H17N3OS. The van der Waals surface area contributed by atoms with Gasteiger partial charge in [-0.3, -0.25) is 9.89 Å². The lowest BCUT2D eigenvalue weighted by Crippen LogP contribution is -2.02. The summed E-state index contributed by atoms with van der Waals surface area (Å²) in [4.78, 5) is 16.5. The molecule has 1 heterocycles. The van der Waals surface area contributed by atoms with Gasteiger partial charge in [-0.1, -0.05) is 78.0 Å². The zero-order chi connectivity index (χ0) is 16.8. The second kappa shape index (κ2) is 7.75. The van der Waals surface area contributed by atoms with Crippen LogP contribution >= 0.6 is 11.8 Å². The number of aromatic nitrogens is 3. The number of thioether (sulfide) groups is 1. The van der Waals surface area contributed by atoms with Crippen LogP contribution in [-0.4, -0.2) is 26.7 Å². The van der Waals surface area contributed by atoms with Crippen LogP contribution in [-0.2, 0) is 0 Å². The average Bonchev–Trinajstić information content (AvgIpc) is 3.07. The third-order valence-corrected chi connectivity index (χ3v) is 4.27. The number of rotatable bonds is 6. The fraction of sp³-hybridized carbons (Fsp3) is 0.105. The van der Waals surface area contributed by atoms with Crippen LogP contribution < -0.4 is 0 Å². The van der Waals surface area contributed by atoms with E-state index in [4.69, 9.17) is 0 Å². The Morgan fingerprint density at radius 2 is 1.83 bits per heavy atom. The van der Waals surface area contributed by atoms with E-state index < -0.39 is 0 Å². The number of H-pyrrole nitrogens is 1. The highest BCUT2D eigenvalue weighted by molar-refractivity contribution is 7.99. The van der Waals surface area contributed by atoms with E-state index in [1.165, 1.54) is 11.8 Å². The maximum atomic E-state index is 12.1. The van der Waals surface area contributed by atoms with Crippen molar-refractivity contribution in [1.29, 1.82) is 0 Å². The number of carbonyl (C=O) groups is 1. The Labute approximate surface area is 145 Å². The fourth-order valence-electron chi connectivity index (χ4n) is 2.09. The molecule has 5 heteroatoms. The van der Waals surface area contributed by atoms with Gasteiger partial charge >= 0.3 is 0 Å². The Hall–Kier alpha value is -2.66. The summed E-state index contributed by atoms with van der Waals surface area (Å²) >= 11 is 1.33. The lowest BCUT2D eigenvalue weighted by Gasteiger charge is -1.99. The lowest BCUT2D eigenvalue weighted by atomic mass is 10.1. The van der Waals surface area contributed by atoms with Crippen molar-refractivity contribution in [2.45, 2.75) is 12.1 Å². The van der Waals surface area contributed by atoms with Crippen LogP contribution in [0, 0.1) is 6.92 Å². The molecule has 0 saturated carbocycles. The first-order valence-corrected chi connectivity index (χ1v) is 8.57. The molecule has 24 heavy (non-hydrogen) atoms. The summed E-state index contributed by atoms with van der Waals surface area (Å²) in [7, 11) is 0.